The highest BCUT2D eigenvalue weighted by atomic mass is 127. The minimum atomic E-state index is -0.179. The van der Waals surface area contributed by atoms with E-state index in [0.717, 1.165) is 76.7 Å². The van der Waals surface area contributed by atoms with Crippen molar-refractivity contribution < 1.29 is 9.13 Å². The molecule has 0 aromatic heterocycles. The smallest absolute Gasteiger partial charge is 0.191 e. The van der Waals surface area contributed by atoms with Gasteiger partial charge in [0.15, 0.2) is 5.96 Å². The molecule has 1 unspecified atom stereocenters. The maximum absolute atomic E-state index is 13.6. The number of piperidine rings is 1. The lowest BCUT2D eigenvalue weighted by Crippen LogP contribution is -2.51. The molecule has 164 valence electrons. The second-order valence-corrected chi connectivity index (χ2v) is 8.88. The third kappa shape index (κ3) is 7.17. The summed E-state index contributed by atoms with van der Waals surface area (Å²) in [5.41, 5.74) is 0.956. The van der Waals surface area contributed by atoms with Crippen molar-refractivity contribution in [3.8, 4) is 0 Å². The molecule has 1 aromatic carbocycles. The van der Waals surface area contributed by atoms with Crippen LogP contribution in [0, 0.1) is 5.82 Å². The van der Waals surface area contributed by atoms with E-state index in [0.29, 0.717) is 6.04 Å². The zero-order chi connectivity index (χ0) is 19.8. The standard InChI is InChI=1S/C21H33FN4OS.HI/c1-3-23-20(24-16-21(28-2)9-12-27-13-10-21)25-18-7-5-11-26(15-18)19-8-4-6-17(22)14-19;/h4,6,8,14,18H,3,5,7,9-13,15-16H2,1-2H3,(H2,23,24,25);1H. The number of anilines is 1. The van der Waals surface area contributed by atoms with Gasteiger partial charge in [0, 0.05) is 49.3 Å². The third-order valence-corrected chi connectivity index (χ3v) is 7.05. The molecule has 29 heavy (non-hydrogen) atoms. The molecule has 0 radical (unpaired) electrons. The van der Waals surface area contributed by atoms with Gasteiger partial charge in [0.2, 0.25) is 0 Å². The van der Waals surface area contributed by atoms with Crippen LogP contribution in [0.15, 0.2) is 29.3 Å². The quantitative estimate of drug-likeness (QED) is 0.329. The van der Waals surface area contributed by atoms with Gasteiger partial charge >= 0.3 is 0 Å². The first-order valence-electron chi connectivity index (χ1n) is 10.3. The lowest BCUT2D eigenvalue weighted by Gasteiger charge is -2.36. The molecule has 2 aliphatic heterocycles. The summed E-state index contributed by atoms with van der Waals surface area (Å²) in [6.07, 6.45) is 6.46. The third-order valence-electron chi connectivity index (χ3n) is 5.64. The number of hydrogen-bond donors (Lipinski definition) is 2. The van der Waals surface area contributed by atoms with Crippen molar-refractivity contribution in [1.29, 1.82) is 0 Å². The summed E-state index contributed by atoms with van der Waals surface area (Å²) in [4.78, 5) is 7.19. The van der Waals surface area contributed by atoms with Crippen molar-refractivity contribution in [2.24, 2.45) is 4.99 Å². The fraction of sp³-hybridized carbons (Fsp3) is 0.667. The molecule has 5 nitrogen and oxygen atoms in total. The number of thioether (sulfide) groups is 1. The summed E-state index contributed by atoms with van der Waals surface area (Å²) in [6, 6.07) is 7.18. The number of nitrogens with zero attached hydrogens (tertiary/aromatic N) is 2. The van der Waals surface area contributed by atoms with E-state index in [9.17, 15) is 4.39 Å². The average molecular weight is 536 g/mol. The van der Waals surface area contributed by atoms with Gasteiger partial charge in [-0.2, -0.15) is 11.8 Å². The minimum Gasteiger partial charge on any atom is -0.381 e. The summed E-state index contributed by atoms with van der Waals surface area (Å²) < 4.78 is 19.3. The number of ether oxygens (including phenoxy) is 1. The van der Waals surface area contributed by atoms with Crippen LogP contribution in [0.2, 0.25) is 0 Å². The van der Waals surface area contributed by atoms with Gasteiger partial charge in [0.05, 0.1) is 6.54 Å². The van der Waals surface area contributed by atoms with Gasteiger partial charge < -0.3 is 20.3 Å². The molecule has 8 heteroatoms. The lowest BCUT2D eigenvalue weighted by atomic mass is 9.99. The molecule has 2 fully saturated rings. The SMILES string of the molecule is CCNC(=NCC1(SC)CCOCC1)NC1CCCN(c2cccc(F)c2)C1.I. The summed E-state index contributed by atoms with van der Waals surface area (Å²) in [5.74, 6) is 0.704. The second kappa shape index (κ2) is 12.2. The van der Waals surface area contributed by atoms with E-state index in [-0.39, 0.29) is 34.5 Å². The Kier molecular flexibility index (Phi) is 10.3. The molecular formula is C21H34FIN4OS. The molecule has 3 rings (SSSR count). The summed E-state index contributed by atoms with van der Waals surface area (Å²) in [7, 11) is 0. The predicted molar refractivity (Wildman–Crippen MR) is 132 cm³/mol. The normalized spacial score (nSPS) is 22.0. The second-order valence-electron chi connectivity index (χ2n) is 7.60. The molecule has 2 saturated heterocycles. The van der Waals surface area contributed by atoms with E-state index < -0.39 is 0 Å². The number of hydrogen-bond acceptors (Lipinski definition) is 4. The van der Waals surface area contributed by atoms with Crippen molar-refractivity contribution in [1.82, 2.24) is 10.6 Å². The lowest BCUT2D eigenvalue weighted by molar-refractivity contribution is 0.0794. The zero-order valence-corrected chi connectivity index (χ0v) is 20.6. The van der Waals surface area contributed by atoms with Crippen LogP contribution in [0.25, 0.3) is 0 Å². The Morgan fingerprint density at radius 3 is 2.86 bits per heavy atom. The average Bonchev–Trinajstić information content (AvgIpc) is 2.73. The first kappa shape index (κ1) is 24.5. The fourth-order valence-corrected chi connectivity index (χ4v) is 4.68. The molecule has 0 bridgehead atoms. The molecule has 0 spiro atoms. The molecule has 2 aliphatic rings. The van der Waals surface area contributed by atoms with Crippen LogP contribution < -0.4 is 15.5 Å². The number of halogens is 2. The van der Waals surface area contributed by atoms with E-state index >= 15 is 0 Å². The Hall–Kier alpha value is -0.740. The van der Waals surface area contributed by atoms with Crippen LogP contribution in [0.4, 0.5) is 10.1 Å². The number of rotatable bonds is 6. The maximum Gasteiger partial charge on any atom is 0.191 e. The van der Waals surface area contributed by atoms with E-state index in [1.54, 1.807) is 12.1 Å². The Morgan fingerprint density at radius 1 is 1.38 bits per heavy atom. The Morgan fingerprint density at radius 2 is 2.17 bits per heavy atom. The molecule has 1 aromatic rings. The van der Waals surface area contributed by atoms with Gasteiger partial charge in [-0.25, -0.2) is 4.39 Å². The number of aliphatic imine (C=N–C) groups is 1. The van der Waals surface area contributed by atoms with Crippen molar-refractivity contribution >= 4 is 47.4 Å². The summed E-state index contributed by atoms with van der Waals surface area (Å²) in [5, 5.41) is 7.01. The van der Waals surface area contributed by atoms with E-state index in [1.807, 2.05) is 17.8 Å². The first-order chi connectivity index (χ1) is 13.6. The summed E-state index contributed by atoms with van der Waals surface area (Å²) >= 11 is 1.91. The predicted octanol–water partition coefficient (Wildman–Crippen LogP) is 3.88. The van der Waals surface area contributed by atoms with Crippen LogP contribution >= 0.6 is 35.7 Å². The maximum atomic E-state index is 13.6. The topological polar surface area (TPSA) is 48.9 Å². The Labute approximate surface area is 195 Å². The number of guanidine groups is 1. The van der Waals surface area contributed by atoms with Crippen molar-refractivity contribution in [2.75, 3.05) is 50.5 Å². The van der Waals surface area contributed by atoms with E-state index in [1.165, 1.54) is 6.07 Å². The van der Waals surface area contributed by atoms with Gasteiger partial charge in [-0.05, 0) is 57.1 Å². The van der Waals surface area contributed by atoms with Gasteiger partial charge in [-0.3, -0.25) is 4.99 Å². The molecule has 2 N–H and O–H groups in total. The molecule has 1 atom stereocenters. The summed E-state index contributed by atoms with van der Waals surface area (Å²) in [6.45, 7) is 7.20. The fourth-order valence-electron chi connectivity index (χ4n) is 3.91. The molecule has 2 heterocycles. The largest absolute Gasteiger partial charge is 0.381 e. The Balaban J connectivity index is 0.00000300. The Bertz CT molecular complexity index is 657. The highest BCUT2D eigenvalue weighted by molar-refractivity contribution is 14.0. The highest BCUT2D eigenvalue weighted by Crippen LogP contribution is 2.34. The van der Waals surface area contributed by atoms with Gasteiger partial charge in [0.1, 0.15) is 5.82 Å². The van der Waals surface area contributed by atoms with Crippen LogP contribution in [-0.4, -0.2) is 62.4 Å². The van der Waals surface area contributed by atoms with Gasteiger partial charge in [-0.15, -0.1) is 24.0 Å². The zero-order valence-electron chi connectivity index (χ0n) is 17.5. The highest BCUT2D eigenvalue weighted by Gasteiger charge is 2.32. The van der Waals surface area contributed by atoms with Crippen LogP contribution in [-0.2, 0) is 4.74 Å². The number of nitrogens with one attached hydrogen (secondary N) is 2. The van der Waals surface area contributed by atoms with Crippen molar-refractivity contribution in [2.45, 2.75) is 43.4 Å². The first-order valence-corrected chi connectivity index (χ1v) is 11.5. The molecule has 0 aliphatic carbocycles. The van der Waals surface area contributed by atoms with Crippen molar-refractivity contribution in [3.05, 3.63) is 30.1 Å². The van der Waals surface area contributed by atoms with E-state index in [4.69, 9.17) is 9.73 Å². The van der Waals surface area contributed by atoms with Crippen molar-refractivity contribution in [3.63, 3.8) is 0 Å². The van der Waals surface area contributed by atoms with Crippen LogP contribution in [0.5, 0.6) is 0 Å². The molecule has 0 saturated carbocycles. The number of benzene rings is 1. The van der Waals surface area contributed by atoms with Gasteiger partial charge in [-0.1, -0.05) is 6.07 Å². The molecule has 0 amide bonds. The van der Waals surface area contributed by atoms with Crippen LogP contribution in [0.1, 0.15) is 32.6 Å². The minimum absolute atomic E-state index is 0. The molecular weight excluding hydrogens is 502 g/mol. The van der Waals surface area contributed by atoms with E-state index in [2.05, 4.69) is 28.7 Å². The van der Waals surface area contributed by atoms with Gasteiger partial charge in [0.25, 0.3) is 0 Å². The monoisotopic (exact) mass is 536 g/mol. The van der Waals surface area contributed by atoms with Crippen LogP contribution in [0.3, 0.4) is 0 Å².